The zero-order valence-electron chi connectivity index (χ0n) is 6.28. The number of aromatic amines is 1. The quantitative estimate of drug-likeness (QED) is 0.615. The normalized spacial score (nSPS) is 18.1. The molecule has 0 radical (unpaired) electrons. The van der Waals surface area contributed by atoms with Crippen molar-refractivity contribution in [3.63, 3.8) is 0 Å². The number of nitrogens with one attached hydrogen (secondary N) is 1. The molecule has 3 heteroatoms. The van der Waals surface area contributed by atoms with Crippen molar-refractivity contribution in [2.75, 3.05) is 0 Å². The van der Waals surface area contributed by atoms with Crippen molar-refractivity contribution in [3.05, 3.63) is 34.7 Å². The zero-order chi connectivity index (χ0) is 7.68. The van der Waals surface area contributed by atoms with Gasteiger partial charge < -0.3 is 0 Å². The molecular formula is C8H10N2S. The van der Waals surface area contributed by atoms with Crippen LogP contribution in [-0.2, 0) is 0 Å². The highest BCUT2D eigenvalue weighted by Crippen LogP contribution is 2.40. The minimum Gasteiger partial charge on any atom is -0.273 e. The highest BCUT2D eigenvalue weighted by molar-refractivity contribution is 8.22. The molecule has 0 amide bonds. The molecule has 1 aliphatic heterocycles. The predicted molar refractivity (Wildman–Crippen MR) is 48.9 cm³/mol. The summed E-state index contributed by atoms with van der Waals surface area (Å²) in [6.07, 6.45) is 4.17. The lowest BCUT2D eigenvalue weighted by atomic mass is 10.5. The second-order valence-electron chi connectivity index (χ2n) is 2.48. The first kappa shape index (κ1) is 6.73. The molecule has 0 aliphatic carbocycles. The standard InChI is InChI=1S/C8H10N2S/c1-7-6-8(10-9-7)11-4-2-3-5-11/h2-6,11H,1H3,(H,9,10). The van der Waals surface area contributed by atoms with Gasteiger partial charge in [-0.1, -0.05) is 12.2 Å². The van der Waals surface area contributed by atoms with Gasteiger partial charge in [0.25, 0.3) is 0 Å². The SMILES string of the molecule is Cc1cc([SH]2C=CC=C2)[nH]n1. The molecule has 1 aromatic heterocycles. The number of allylic oxidation sites excluding steroid dienone is 2. The van der Waals surface area contributed by atoms with Crippen molar-refractivity contribution in [2.24, 2.45) is 0 Å². The van der Waals surface area contributed by atoms with Gasteiger partial charge in [0.1, 0.15) is 0 Å². The molecule has 0 fully saturated rings. The van der Waals surface area contributed by atoms with E-state index in [1.54, 1.807) is 0 Å². The number of aryl methyl sites for hydroxylation is 1. The molecule has 11 heavy (non-hydrogen) atoms. The fourth-order valence-electron chi connectivity index (χ4n) is 1.04. The topological polar surface area (TPSA) is 28.7 Å². The summed E-state index contributed by atoms with van der Waals surface area (Å²) in [5.41, 5.74) is 1.07. The monoisotopic (exact) mass is 166 g/mol. The summed E-state index contributed by atoms with van der Waals surface area (Å²) in [6, 6.07) is 2.10. The minimum atomic E-state index is -0.199. The summed E-state index contributed by atoms with van der Waals surface area (Å²) in [4.78, 5) is 0. The molecule has 0 spiro atoms. The molecule has 0 atom stereocenters. The molecule has 0 aromatic carbocycles. The first-order chi connectivity index (χ1) is 5.36. The second kappa shape index (κ2) is 2.58. The average molecular weight is 166 g/mol. The van der Waals surface area contributed by atoms with Crippen LogP contribution >= 0.6 is 10.9 Å². The molecule has 2 nitrogen and oxygen atoms in total. The lowest BCUT2D eigenvalue weighted by Gasteiger charge is -2.04. The molecular weight excluding hydrogens is 156 g/mol. The Bertz CT molecular complexity index is 300. The van der Waals surface area contributed by atoms with Gasteiger partial charge in [-0.2, -0.15) is 16.0 Å². The minimum absolute atomic E-state index is 0.199. The third-order valence-corrected chi connectivity index (χ3v) is 3.35. The Balaban J connectivity index is 2.29. The van der Waals surface area contributed by atoms with Crippen molar-refractivity contribution in [2.45, 2.75) is 11.9 Å². The van der Waals surface area contributed by atoms with E-state index in [0.717, 1.165) is 5.69 Å². The van der Waals surface area contributed by atoms with Crippen LogP contribution < -0.4 is 0 Å². The Morgan fingerprint density at radius 3 is 2.64 bits per heavy atom. The molecule has 2 rings (SSSR count). The zero-order valence-corrected chi connectivity index (χ0v) is 7.18. The van der Waals surface area contributed by atoms with Crippen molar-refractivity contribution in [1.82, 2.24) is 10.2 Å². The van der Waals surface area contributed by atoms with Crippen molar-refractivity contribution < 1.29 is 0 Å². The molecule has 0 saturated heterocycles. The fourth-order valence-corrected chi connectivity index (χ4v) is 2.53. The third-order valence-electron chi connectivity index (χ3n) is 1.58. The van der Waals surface area contributed by atoms with Crippen LogP contribution in [0.3, 0.4) is 0 Å². The van der Waals surface area contributed by atoms with Crippen LogP contribution in [0.1, 0.15) is 5.69 Å². The number of rotatable bonds is 1. The fraction of sp³-hybridized carbons (Fsp3) is 0.125. The lowest BCUT2D eigenvalue weighted by Crippen LogP contribution is -1.73. The van der Waals surface area contributed by atoms with E-state index in [1.807, 2.05) is 6.92 Å². The van der Waals surface area contributed by atoms with Crippen LogP contribution in [0, 0.1) is 6.92 Å². The number of hydrogen-bond acceptors (Lipinski definition) is 1. The Kier molecular flexibility index (Phi) is 1.58. The van der Waals surface area contributed by atoms with E-state index in [9.17, 15) is 0 Å². The van der Waals surface area contributed by atoms with Crippen LogP contribution in [0.4, 0.5) is 0 Å². The summed E-state index contributed by atoms with van der Waals surface area (Å²) in [7, 11) is -0.199. The summed E-state index contributed by atoms with van der Waals surface area (Å²) in [6.45, 7) is 2.00. The maximum atomic E-state index is 4.08. The number of thiol groups is 1. The molecule has 58 valence electrons. The van der Waals surface area contributed by atoms with Gasteiger partial charge in [0, 0.05) is 0 Å². The van der Waals surface area contributed by atoms with E-state index < -0.39 is 0 Å². The van der Waals surface area contributed by atoms with Crippen LogP contribution in [0.25, 0.3) is 0 Å². The van der Waals surface area contributed by atoms with Gasteiger partial charge in [-0.25, -0.2) is 0 Å². The Morgan fingerprint density at radius 1 is 1.36 bits per heavy atom. The number of H-pyrrole nitrogens is 1. The molecule has 1 aromatic rings. The second-order valence-corrected chi connectivity index (χ2v) is 4.38. The number of nitrogens with zero attached hydrogens (tertiary/aromatic N) is 1. The van der Waals surface area contributed by atoms with E-state index in [2.05, 4.69) is 39.2 Å². The first-order valence-electron chi connectivity index (χ1n) is 3.51. The highest BCUT2D eigenvalue weighted by Gasteiger charge is 2.04. The van der Waals surface area contributed by atoms with Gasteiger partial charge in [0.2, 0.25) is 0 Å². The summed E-state index contributed by atoms with van der Waals surface area (Å²) in [5.74, 6) is 0. The molecule has 0 unspecified atom stereocenters. The van der Waals surface area contributed by atoms with Crippen LogP contribution in [0.2, 0.25) is 0 Å². The van der Waals surface area contributed by atoms with Crippen molar-refractivity contribution in [1.29, 1.82) is 0 Å². The van der Waals surface area contributed by atoms with Crippen molar-refractivity contribution in [3.8, 4) is 0 Å². The summed E-state index contributed by atoms with van der Waals surface area (Å²) in [5, 5.41) is 12.8. The molecule has 0 bridgehead atoms. The van der Waals surface area contributed by atoms with Gasteiger partial charge in [0.05, 0.1) is 10.7 Å². The Morgan fingerprint density at radius 2 is 2.09 bits per heavy atom. The third kappa shape index (κ3) is 1.24. The molecule has 2 heterocycles. The van der Waals surface area contributed by atoms with Crippen LogP contribution in [0.15, 0.2) is 34.1 Å². The maximum absolute atomic E-state index is 4.08. The molecule has 1 aliphatic rings. The van der Waals surface area contributed by atoms with E-state index in [4.69, 9.17) is 0 Å². The van der Waals surface area contributed by atoms with Gasteiger partial charge >= 0.3 is 0 Å². The van der Waals surface area contributed by atoms with Gasteiger partial charge in [0.15, 0.2) is 0 Å². The maximum Gasteiger partial charge on any atom is 0.0784 e. The highest BCUT2D eigenvalue weighted by atomic mass is 32.2. The smallest absolute Gasteiger partial charge is 0.0784 e. The molecule has 0 saturated carbocycles. The average Bonchev–Trinajstić information content (AvgIpc) is 2.55. The Hall–Kier alpha value is -0.960. The lowest BCUT2D eigenvalue weighted by molar-refractivity contribution is 0.982. The van der Waals surface area contributed by atoms with Gasteiger partial charge in [-0.05, 0) is 23.8 Å². The Labute approximate surface area is 68.4 Å². The van der Waals surface area contributed by atoms with Crippen LogP contribution in [0.5, 0.6) is 0 Å². The van der Waals surface area contributed by atoms with E-state index in [-0.39, 0.29) is 10.9 Å². The first-order valence-corrected chi connectivity index (χ1v) is 4.99. The van der Waals surface area contributed by atoms with E-state index in [0.29, 0.717) is 0 Å². The molecule has 1 N–H and O–H groups in total. The predicted octanol–water partition coefficient (Wildman–Crippen LogP) is 2.12. The van der Waals surface area contributed by atoms with Crippen molar-refractivity contribution >= 4 is 10.9 Å². The van der Waals surface area contributed by atoms with Gasteiger partial charge in [-0.3, -0.25) is 5.10 Å². The number of aromatic nitrogens is 2. The number of hydrogen-bond donors (Lipinski definition) is 2. The van der Waals surface area contributed by atoms with Gasteiger partial charge in [-0.15, -0.1) is 0 Å². The summed E-state index contributed by atoms with van der Waals surface area (Å²) < 4.78 is 0. The van der Waals surface area contributed by atoms with E-state index >= 15 is 0 Å². The largest absolute Gasteiger partial charge is 0.273 e. The van der Waals surface area contributed by atoms with E-state index in [1.165, 1.54) is 5.03 Å². The summed E-state index contributed by atoms with van der Waals surface area (Å²) >= 11 is 0. The van der Waals surface area contributed by atoms with Crippen LogP contribution in [-0.4, -0.2) is 10.2 Å².